The van der Waals surface area contributed by atoms with E-state index in [-0.39, 0.29) is 5.91 Å². The molecular formula is C17H28N2O4. The monoisotopic (exact) mass is 324 g/mol. The third-order valence-electron chi connectivity index (χ3n) is 3.28. The molecule has 0 bridgehead atoms. The summed E-state index contributed by atoms with van der Waals surface area (Å²) in [7, 11) is 3.18. The van der Waals surface area contributed by atoms with Crippen LogP contribution in [0.2, 0.25) is 0 Å². The van der Waals surface area contributed by atoms with Gasteiger partial charge in [0.15, 0.2) is 0 Å². The number of ether oxygens (including phenoxy) is 3. The van der Waals surface area contributed by atoms with E-state index in [9.17, 15) is 4.79 Å². The van der Waals surface area contributed by atoms with Crippen LogP contribution in [-0.4, -0.2) is 39.3 Å². The molecule has 6 heteroatoms. The Kier molecular flexibility index (Phi) is 8.26. The second-order valence-electron chi connectivity index (χ2n) is 5.78. The number of nitrogens with one attached hydrogen (secondary N) is 1. The Labute approximate surface area is 138 Å². The Bertz CT molecular complexity index is 469. The van der Waals surface area contributed by atoms with Gasteiger partial charge in [-0.15, -0.1) is 0 Å². The second kappa shape index (κ2) is 9.94. The summed E-state index contributed by atoms with van der Waals surface area (Å²) < 4.78 is 16.0. The van der Waals surface area contributed by atoms with Crippen LogP contribution in [0.5, 0.6) is 17.2 Å². The zero-order chi connectivity index (χ0) is 17.2. The van der Waals surface area contributed by atoms with Gasteiger partial charge < -0.3 is 25.3 Å². The molecule has 0 saturated heterocycles. The largest absolute Gasteiger partial charge is 0.496 e. The smallest absolute Gasteiger partial charge is 0.236 e. The topological polar surface area (TPSA) is 82.8 Å². The SMILES string of the molecule is COc1cc(OC)cc(OCCCNC(=O)[C@@H](N)CC(C)C)c1. The molecule has 3 N–H and O–H groups in total. The Morgan fingerprint density at radius 2 is 1.70 bits per heavy atom. The summed E-state index contributed by atoms with van der Waals surface area (Å²) in [6.45, 7) is 5.11. The van der Waals surface area contributed by atoms with Crippen LogP contribution in [-0.2, 0) is 4.79 Å². The van der Waals surface area contributed by atoms with Crippen molar-refractivity contribution in [3.05, 3.63) is 18.2 Å². The molecule has 1 amide bonds. The second-order valence-corrected chi connectivity index (χ2v) is 5.78. The van der Waals surface area contributed by atoms with Gasteiger partial charge in [-0.05, 0) is 18.8 Å². The van der Waals surface area contributed by atoms with Crippen molar-refractivity contribution >= 4 is 5.91 Å². The number of amides is 1. The van der Waals surface area contributed by atoms with Crippen LogP contribution >= 0.6 is 0 Å². The molecule has 23 heavy (non-hydrogen) atoms. The lowest BCUT2D eigenvalue weighted by Crippen LogP contribution is -2.41. The maximum Gasteiger partial charge on any atom is 0.236 e. The fourth-order valence-corrected chi connectivity index (χ4v) is 2.08. The van der Waals surface area contributed by atoms with E-state index in [1.807, 2.05) is 13.8 Å². The summed E-state index contributed by atoms with van der Waals surface area (Å²) in [5.74, 6) is 2.31. The van der Waals surface area contributed by atoms with Gasteiger partial charge in [0.25, 0.3) is 0 Å². The number of carbonyl (C=O) groups excluding carboxylic acids is 1. The lowest BCUT2D eigenvalue weighted by Gasteiger charge is -2.14. The third kappa shape index (κ3) is 7.23. The minimum Gasteiger partial charge on any atom is -0.496 e. The Hall–Kier alpha value is -1.95. The lowest BCUT2D eigenvalue weighted by molar-refractivity contribution is -0.122. The highest BCUT2D eigenvalue weighted by atomic mass is 16.5. The molecule has 6 nitrogen and oxygen atoms in total. The first kappa shape index (κ1) is 19.1. The average molecular weight is 324 g/mol. The molecule has 0 spiro atoms. The minimum atomic E-state index is -0.446. The van der Waals surface area contributed by atoms with E-state index in [2.05, 4.69) is 5.32 Å². The van der Waals surface area contributed by atoms with Crippen LogP contribution in [0, 0.1) is 5.92 Å². The summed E-state index contributed by atoms with van der Waals surface area (Å²) in [4.78, 5) is 11.8. The molecule has 0 heterocycles. The maximum absolute atomic E-state index is 11.8. The van der Waals surface area contributed by atoms with Gasteiger partial charge in [-0.1, -0.05) is 13.8 Å². The standard InChI is InChI=1S/C17H28N2O4/c1-12(2)8-16(18)17(20)19-6-5-7-23-15-10-13(21-3)9-14(11-15)22-4/h9-12,16H,5-8,18H2,1-4H3,(H,19,20)/t16-/m0/s1. The van der Waals surface area contributed by atoms with Crippen LogP contribution in [0.25, 0.3) is 0 Å². The predicted molar refractivity (Wildman–Crippen MR) is 90.1 cm³/mol. The molecule has 0 fully saturated rings. The molecule has 1 atom stereocenters. The quantitative estimate of drug-likeness (QED) is 0.643. The van der Waals surface area contributed by atoms with Crippen molar-refractivity contribution < 1.29 is 19.0 Å². The van der Waals surface area contributed by atoms with Gasteiger partial charge in [0.1, 0.15) is 17.2 Å². The summed E-state index contributed by atoms with van der Waals surface area (Å²) in [6.07, 6.45) is 1.38. The van der Waals surface area contributed by atoms with Crippen molar-refractivity contribution in [1.29, 1.82) is 0 Å². The fraction of sp³-hybridized carbons (Fsp3) is 0.588. The Balaban J connectivity index is 2.31. The van der Waals surface area contributed by atoms with Crippen LogP contribution in [0.3, 0.4) is 0 Å². The highest BCUT2D eigenvalue weighted by molar-refractivity contribution is 5.81. The molecule has 1 aromatic carbocycles. The number of benzene rings is 1. The molecule has 0 aliphatic carbocycles. The first-order valence-electron chi connectivity index (χ1n) is 7.85. The van der Waals surface area contributed by atoms with Crippen LogP contribution < -0.4 is 25.3 Å². The molecule has 1 aromatic rings. The maximum atomic E-state index is 11.8. The summed E-state index contributed by atoms with van der Waals surface area (Å²) in [5.41, 5.74) is 5.82. The normalized spacial score (nSPS) is 11.9. The van der Waals surface area contributed by atoms with Crippen molar-refractivity contribution in [2.24, 2.45) is 11.7 Å². The molecule has 0 unspecified atom stereocenters. The van der Waals surface area contributed by atoms with E-state index in [1.54, 1.807) is 32.4 Å². The molecule has 0 aromatic heterocycles. The van der Waals surface area contributed by atoms with Gasteiger partial charge in [0.2, 0.25) is 5.91 Å². The Morgan fingerprint density at radius 3 is 2.22 bits per heavy atom. The van der Waals surface area contributed by atoms with Crippen molar-refractivity contribution in [1.82, 2.24) is 5.32 Å². The van der Waals surface area contributed by atoms with E-state index in [0.29, 0.717) is 49.2 Å². The summed E-state index contributed by atoms with van der Waals surface area (Å²) >= 11 is 0. The van der Waals surface area contributed by atoms with Gasteiger partial charge in [-0.25, -0.2) is 0 Å². The lowest BCUT2D eigenvalue weighted by atomic mass is 10.0. The van der Waals surface area contributed by atoms with E-state index in [4.69, 9.17) is 19.9 Å². The van der Waals surface area contributed by atoms with Crippen molar-refractivity contribution in [2.45, 2.75) is 32.7 Å². The van der Waals surface area contributed by atoms with Crippen LogP contribution in [0.4, 0.5) is 0 Å². The van der Waals surface area contributed by atoms with Crippen molar-refractivity contribution in [3.63, 3.8) is 0 Å². The number of hydrogen-bond acceptors (Lipinski definition) is 5. The molecule has 0 radical (unpaired) electrons. The number of rotatable bonds is 10. The van der Waals surface area contributed by atoms with Crippen molar-refractivity contribution in [3.8, 4) is 17.2 Å². The first-order chi connectivity index (χ1) is 11.0. The van der Waals surface area contributed by atoms with Crippen LogP contribution in [0.15, 0.2) is 18.2 Å². The van der Waals surface area contributed by atoms with Gasteiger partial charge >= 0.3 is 0 Å². The fourth-order valence-electron chi connectivity index (χ4n) is 2.08. The number of carbonyl (C=O) groups is 1. The molecule has 0 saturated carbocycles. The molecule has 0 aliphatic heterocycles. The number of hydrogen-bond donors (Lipinski definition) is 2. The summed E-state index contributed by atoms with van der Waals surface area (Å²) in [5, 5.41) is 2.83. The van der Waals surface area contributed by atoms with Gasteiger partial charge in [0.05, 0.1) is 26.9 Å². The number of methoxy groups -OCH3 is 2. The van der Waals surface area contributed by atoms with E-state index in [1.165, 1.54) is 0 Å². The summed E-state index contributed by atoms with van der Waals surface area (Å²) in [6, 6.07) is 4.92. The number of nitrogens with two attached hydrogens (primary N) is 1. The Morgan fingerprint density at radius 1 is 1.13 bits per heavy atom. The van der Waals surface area contributed by atoms with E-state index >= 15 is 0 Å². The minimum absolute atomic E-state index is 0.109. The van der Waals surface area contributed by atoms with Gasteiger partial charge in [0, 0.05) is 24.7 Å². The molecule has 130 valence electrons. The molecular weight excluding hydrogens is 296 g/mol. The molecule has 0 aliphatic rings. The molecule has 1 rings (SSSR count). The van der Waals surface area contributed by atoms with Crippen molar-refractivity contribution in [2.75, 3.05) is 27.4 Å². The zero-order valence-corrected chi connectivity index (χ0v) is 14.4. The average Bonchev–Trinajstić information content (AvgIpc) is 2.53. The van der Waals surface area contributed by atoms with Crippen LogP contribution in [0.1, 0.15) is 26.7 Å². The highest BCUT2D eigenvalue weighted by Crippen LogP contribution is 2.27. The highest BCUT2D eigenvalue weighted by Gasteiger charge is 2.13. The van der Waals surface area contributed by atoms with E-state index < -0.39 is 6.04 Å². The first-order valence-corrected chi connectivity index (χ1v) is 7.85. The van der Waals surface area contributed by atoms with Gasteiger partial charge in [-0.2, -0.15) is 0 Å². The zero-order valence-electron chi connectivity index (χ0n) is 14.4. The van der Waals surface area contributed by atoms with E-state index in [0.717, 1.165) is 0 Å². The van der Waals surface area contributed by atoms with Gasteiger partial charge in [-0.3, -0.25) is 4.79 Å². The third-order valence-corrected chi connectivity index (χ3v) is 3.28. The predicted octanol–water partition coefficient (Wildman–Crippen LogP) is 1.96.